The SMILES string of the molecule is CCCCOCCOCCOCCS(=O)(=O)Nc1cccc(C(CN2CCCC2)N(C)C(=O)Cc2ccc(Cl)c(Cl)c2)c1. The molecule has 2 aromatic rings. The maximum atomic E-state index is 13.4. The number of unbranched alkanes of at least 4 members (excludes halogenated alkanes) is 1. The molecule has 240 valence electrons. The topological polar surface area (TPSA) is 97.4 Å². The standard InChI is InChI=1S/C31H45Cl2N3O6S/c1-3-4-14-40-15-16-41-17-18-42-19-20-43(38,39)34-27-9-7-8-26(23-27)30(24-36-12-5-6-13-36)35(2)31(37)22-25-10-11-28(32)29(33)21-25/h7-11,21,23,30,34H,3-6,12-20,22,24H2,1-2H3. The Labute approximate surface area is 266 Å². The van der Waals surface area contributed by atoms with E-state index in [1.807, 2.05) is 6.07 Å². The Balaban J connectivity index is 1.55. The Bertz CT molecular complexity index is 1240. The van der Waals surface area contributed by atoms with E-state index in [9.17, 15) is 13.2 Å². The summed E-state index contributed by atoms with van der Waals surface area (Å²) in [6.07, 6.45) is 4.54. The lowest BCUT2D eigenvalue weighted by Crippen LogP contribution is -2.39. The molecule has 12 heteroatoms. The van der Waals surface area contributed by atoms with E-state index < -0.39 is 10.0 Å². The molecule has 3 rings (SSSR count). The number of likely N-dealkylation sites (N-methyl/N-ethyl adjacent to an activating group) is 1. The molecule has 1 heterocycles. The average Bonchev–Trinajstić information content (AvgIpc) is 3.49. The zero-order chi connectivity index (χ0) is 31.1. The number of hydrogen-bond donors (Lipinski definition) is 1. The molecule has 1 N–H and O–H groups in total. The van der Waals surface area contributed by atoms with Crippen molar-refractivity contribution in [1.29, 1.82) is 0 Å². The van der Waals surface area contributed by atoms with E-state index >= 15 is 0 Å². The molecule has 0 bridgehead atoms. The molecule has 43 heavy (non-hydrogen) atoms. The number of carbonyl (C=O) groups excluding carboxylic acids is 1. The third-order valence-electron chi connectivity index (χ3n) is 7.26. The number of likely N-dealkylation sites (tertiary alicyclic amines) is 1. The first-order chi connectivity index (χ1) is 20.7. The van der Waals surface area contributed by atoms with E-state index in [-0.39, 0.29) is 30.7 Å². The van der Waals surface area contributed by atoms with Gasteiger partial charge in [-0.05, 0) is 67.7 Å². The second-order valence-corrected chi connectivity index (χ2v) is 13.3. The largest absolute Gasteiger partial charge is 0.379 e. The maximum absolute atomic E-state index is 13.4. The van der Waals surface area contributed by atoms with Crippen LogP contribution in [0.2, 0.25) is 10.0 Å². The van der Waals surface area contributed by atoms with E-state index in [1.54, 1.807) is 48.3 Å². The van der Waals surface area contributed by atoms with Gasteiger partial charge in [-0.25, -0.2) is 8.42 Å². The summed E-state index contributed by atoms with van der Waals surface area (Å²) < 4.78 is 44.6. The van der Waals surface area contributed by atoms with Crippen LogP contribution in [0.5, 0.6) is 0 Å². The molecule has 1 amide bonds. The number of hydrogen-bond acceptors (Lipinski definition) is 7. The Kier molecular flexibility index (Phi) is 15.5. The van der Waals surface area contributed by atoms with Crippen molar-refractivity contribution in [1.82, 2.24) is 9.80 Å². The lowest BCUT2D eigenvalue weighted by Gasteiger charge is -2.32. The highest BCUT2D eigenvalue weighted by Gasteiger charge is 2.26. The van der Waals surface area contributed by atoms with E-state index in [0.29, 0.717) is 48.7 Å². The summed E-state index contributed by atoms with van der Waals surface area (Å²) in [5.74, 6) is -0.255. The first-order valence-electron chi connectivity index (χ1n) is 14.9. The second kappa shape index (κ2) is 18.8. The number of sulfonamides is 1. The molecule has 0 saturated carbocycles. The third-order valence-corrected chi connectivity index (χ3v) is 9.25. The lowest BCUT2D eigenvalue weighted by atomic mass is 10.0. The molecule has 2 aromatic carbocycles. The molecule has 1 unspecified atom stereocenters. The van der Waals surface area contributed by atoms with Crippen LogP contribution >= 0.6 is 23.2 Å². The summed E-state index contributed by atoms with van der Waals surface area (Å²) >= 11 is 12.2. The Morgan fingerprint density at radius 1 is 0.953 bits per heavy atom. The molecule has 1 aliphatic rings. The summed E-state index contributed by atoms with van der Waals surface area (Å²) in [7, 11) is -1.86. The van der Waals surface area contributed by atoms with Crippen LogP contribution < -0.4 is 4.72 Å². The molecule has 1 aliphatic heterocycles. The smallest absolute Gasteiger partial charge is 0.234 e. The molecule has 0 spiro atoms. The molecule has 1 saturated heterocycles. The molecule has 0 aliphatic carbocycles. The van der Waals surface area contributed by atoms with E-state index in [1.165, 1.54) is 0 Å². The average molecular weight is 659 g/mol. The fraction of sp³-hybridized carbons (Fsp3) is 0.581. The maximum Gasteiger partial charge on any atom is 0.234 e. The number of nitrogens with zero attached hydrogens (tertiary/aromatic N) is 2. The fourth-order valence-electron chi connectivity index (χ4n) is 4.78. The minimum absolute atomic E-state index is 0.0505. The van der Waals surface area contributed by atoms with Gasteiger partial charge in [0, 0.05) is 25.9 Å². The number of carbonyl (C=O) groups is 1. The molecule has 0 radical (unpaired) electrons. The van der Waals surface area contributed by atoms with Gasteiger partial charge in [0.15, 0.2) is 0 Å². The fourth-order valence-corrected chi connectivity index (χ4v) is 6.03. The van der Waals surface area contributed by atoms with Gasteiger partial charge in [-0.2, -0.15) is 0 Å². The lowest BCUT2D eigenvalue weighted by molar-refractivity contribution is -0.131. The van der Waals surface area contributed by atoms with Crippen molar-refractivity contribution in [3.8, 4) is 0 Å². The van der Waals surface area contributed by atoms with Crippen molar-refractivity contribution in [2.45, 2.75) is 45.1 Å². The predicted octanol–water partition coefficient (Wildman–Crippen LogP) is 5.42. The van der Waals surface area contributed by atoms with Crippen molar-refractivity contribution in [3.05, 3.63) is 63.6 Å². The highest BCUT2D eigenvalue weighted by Crippen LogP contribution is 2.27. The highest BCUT2D eigenvalue weighted by molar-refractivity contribution is 7.92. The number of nitrogens with one attached hydrogen (secondary N) is 1. The second-order valence-electron chi connectivity index (χ2n) is 10.7. The van der Waals surface area contributed by atoms with Gasteiger partial charge in [0.05, 0.1) is 61.3 Å². The minimum atomic E-state index is -3.64. The van der Waals surface area contributed by atoms with Crippen LogP contribution in [0.25, 0.3) is 0 Å². The van der Waals surface area contributed by atoms with Gasteiger partial charge < -0.3 is 24.0 Å². The number of anilines is 1. The molecule has 9 nitrogen and oxygen atoms in total. The third kappa shape index (κ3) is 12.9. The minimum Gasteiger partial charge on any atom is -0.379 e. The summed E-state index contributed by atoms with van der Waals surface area (Å²) in [4.78, 5) is 17.5. The van der Waals surface area contributed by atoms with E-state index in [4.69, 9.17) is 37.4 Å². The van der Waals surface area contributed by atoms with Crippen LogP contribution in [0.4, 0.5) is 5.69 Å². The van der Waals surface area contributed by atoms with Gasteiger partial charge >= 0.3 is 0 Å². The summed E-state index contributed by atoms with van der Waals surface area (Å²) in [6, 6.07) is 12.2. The summed E-state index contributed by atoms with van der Waals surface area (Å²) in [6.45, 7) is 7.19. The Hall–Kier alpha value is -1.92. The van der Waals surface area contributed by atoms with Crippen molar-refractivity contribution < 1.29 is 27.4 Å². The van der Waals surface area contributed by atoms with Crippen molar-refractivity contribution in [3.63, 3.8) is 0 Å². The highest BCUT2D eigenvalue weighted by atomic mass is 35.5. The number of benzene rings is 2. The number of rotatable bonds is 20. The Morgan fingerprint density at radius 2 is 1.63 bits per heavy atom. The number of ether oxygens (including phenoxy) is 3. The van der Waals surface area contributed by atoms with Gasteiger partial charge in [-0.15, -0.1) is 0 Å². The summed E-state index contributed by atoms with van der Waals surface area (Å²) in [5.41, 5.74) is 2.07. The molecule has 0 aromatic heterocycles. The van der Waals surface area contributed by atoms with Crippen LogP contribution in [-0.2, 0) is 35.4 Å². The molecular formula is C31H45Cl2N3O6S. The van der Waals surface area contributed by atoms with Gasteiger partial charge in [0.1, 0.15) is 0 Å². The zero-order valence-corrected chi connectivity index (χ0v) is 27.6. The monoisotopic (exact) mass is 657 g/mol. The predicted molar refractivity (Wildman–Crippen MR) is 173 cm³/mol. The molecule has 1 fully saturated rings. The number of amides is 1. The van der Waals surface area contributed by atoms with Crippen LogP contribution in [0.1, 0.15) is 49.8 Å². The molecular weight excluding hydrogens is 613 g/mol. The first kappa shape index (κ1) is 35.6. The quantitative estimate of drug-likeness (QED) is 0.190. The Morgan fingerprint density at radius 3 is 2.30 bits per heavy atom. The van der Waals surface area contributed by atoms with Crippen molar-refractivity contribution >= 4 is 44.8 Å². The number of halogens is 2. The van der Waals surface area contributed by atoms with Crippen LogP contribution in [0.15, 0.2) is 42.5 Å². The van der Waals surface area contributed by atoms with Crippen LogP contribution in [-0.4, -0.2) is 96.2 Å². The van der Waals surface area contributed by atoms with E-state index in [0.717, 1.165) is 56.5 Å². The zero-order valence-electron chi connectivity index (χ0n) is 25.2. The normalized spacial score (nSPS) is 14.6. The van der Waals surface area contributed by atoms with Gasteiger partial charge in [0.2, 0.25) is 15.9 Å². The van der Waals surface area contributed by atoms with Gasteiger partial charge in [-0.3, -0.25) is 9.52 Å². The van der Waals surface area contributed by atoms with Gasteiger partial charge in [0.25, 0.3) is 0 Å². The van der Waals surface area contributed by atoms with Crippen molar-refractivity contribution in [2.24, 2.45) is 0 Å². The van der Waals surface area contributed by atoms with E-state index in [2.05, 4.69) is 16.5 Å². The summed E-state index contributed by atoms with van der Waals surface area (Å²) in [5, 5.41) is 0.849. The first-order valence-corrected chi connectivity index (χ1v) is 17.3. The van der Waals surface area contributed by atoms with Crippen LogP contribution in [0.3, 0.4) is 0 Å². The van der Waals surface area contributed by atoms with Crippen molar-refractivity contribution in [2.75, 3.05) is 76.8 Å². The van der Waals surface area contributed by atoms with Crippen LogP contribution in [0, 0.1) is 0 Å². The molecule has 1 atom stereocenters. The van der Waals surface area contributed by atoms with Gasteiger partial charge in [-0.1, -0.05) is 54.7 Å².